The number of benzene rings is 2. The molecule has 110 valence electrons. The number of carbonyl (C=O) groups is 1. The molecule has 0 saturated carbocycles. The smallest absolute Gasteiger partial charge is 0.250 e. The quantitative estimate of drug-likeness (QED) is 0.799. The van der Waals surface area contributed by atoms with Crippen LogP contribution in [0.4, 0.5) is 17.1 Å². The van der Waals surface area contributed by atoms with Crippen LogP contribution in [0.1, 0.15) is 30.1 Å². The summed E-state index contributed by atoms with van der Waals surface area (Å²) >= 11 is 0. The van der Waals surface area contributed by atoms with Crippen molar-refractivity contribution in [3.8, 4) is 0 Å². The van der Waals surface area contributed by atoms with Gasteiger partial charge in [-0.25, -0.2) is 0 Å². The predicted molar refractivity (Wildman–Crippen MR) is 87.7 cm³/mol. The second-order valence-corrected chi connectivity index (χ2v) is 4.98. The number of nitrogens with zero attached hydrogens (tertiary/aromatic N) is 1. The van der Waals surface area contributed by atoms with Crippen LogP contribution >= 0.6 is 0 Å². The van der Waals surface area contributed by atoms with Crippen molar-refractivity contribution in [3.63, 3.8) is 0 Å². The van der Waals surface area contributed by atoms with Gasteiger partial charge in [-0.05, 0) is 36.8 Å². The molecule has 0 radical (unpaired) electrons. The van der Waals surface area contributed by atoms with E-state index in [1.165, 1.54) is 0 Å². The highest BCUT2D eigenvalue weighted by Gasteiger charge is 2.12. The monoisotopic (exact) mass is 283 g/mol. The van der Waals surface area contributed by atoms with Crippen molar-refractivity contribution in [2.75, 3.05) is 17.2 Å². The number of amides is 1. The van der Waals surface area contributed by atoms with Gasteiger partial charge in [0.2, 0.25) is 0 Å². The molecule has 0 bridgehead atoms. The van der Waals surface area contributed by atoms with Crippen LogP contribution in [-0.4, -0.2) is 12.5 Å². The maximum absolute atomic E-state index is 11.5. The molecule has 0 heterocycles. The van der Waals surface area contributed by atoms with E-state index in [-0.39, 0.29) is 0 Å². The lowest BCUT2D eigenvalue weighted by Crippen LogP contribution is -2.20. The Morgan fingerprint density at radius 3 is 2.43 bits per heavy atom. The van der Waals surface area contributed by atoms with Gasteiger partial charge in [-0.2, -0.15) is 0 Å². The van der Waals surface area contributed by atoms with Crippen molar-refractivity contribution in [1.82, 2.24) is 0 Å². The van der Waals surface area contributed by atoms with E-state index in [4.69, 9.17) is 11.5 Å². The van der Waals surface area contributed by atoms with Gasteiger partial charge in [0.05, 0.1) is 5.56 Å². The summed E-state index contributed by atoms with van der Waals surface area (Å²) < 4.78 is 0. The zero-order valence-corrected chi connectivity index (χ0v) is 12.3. The van der Waals surface area contributed by atoms with Crippen molar-refractivity contribution in [2.24, 2.45) is 5.73 Å². The van der Waals surface area contributed by atoms with E-state index in [9.17, 15) is 4.79 Å². The van der Waals surface area contributed by atoms with Crippen LogP contribution in [0.3, 0.4) is 0 Å². The maximum Gasteiger partial charge on any atom is 0.250 e. The van der Waals surface area contributed by atoms with Crippen molar-refractivity contribution >= 4 is 23.0 Å². The Bertz CT molecular complexity index is 611. The highest BCUT2D eigenvalue weighted by atomic mass is 16.1. The molecule has 4 heteroatoms. The van der Waals surface area contributed by atoms with Gasteiger partial charge < -0.3 is 16.4 Å². The van der Waals surface area contributed by atoms with Crippen molar-refractivity contribution < 1.29 is 4.79 Å². The lowest BCUT2D eigenvalue weighted by molar-refractivity contribution is 0.100. The van der Waals surface area contributed by atoms with Crippen LogP contribution in [0.25, 0.3) is 0 Å². The minimum absolute atomic E-state index is 0.366. The highest BCUT2D eigenvalue weighted by molar-refractivity contribution is 5.99. The Hall–Kier alpha value is -2.49. The summed E-state index contributed by atoms with van der Waals surface area (Å²) in [6, 6.07) is 15.5. The van der Waals surface area contributed by atoms with Gasteiger partial charge in [0.25, 0.3) is 5.91 Å². The van der Waals surface area contributed by atoms with Crippen LogP contribution < -0.4 is 16.4 Å². The zero-order valence-electron chi connectivity index (χ0n) is 12.3. The second kappa shape index (κ2) is 6.79. The number of carbonyl (C=O) groups excluding carboxylic acids is 1. The van der Waals surface area contributed by atoms with Crippen molar-refractivity contribution in [2.45, 2.75) is 19.8 Å². The number of hydrogen-bond donors (Lipinski definition) is 2. The number of nitrogen functional groups attached to an aromatic ring is 1. The fourth-order valence-electron chi connectivity index (χ4n) is 2.26. The number of primary amides is 1. The fourth-order valence-corrected chi connectivity index (χ4v) is 2.26. The normalized spacial score (nSPS) is 10.3. The molecule has 4 N–H and O–H groups in total. The molecule has 0 saturated heterocycles. The van der Waals surface area contributed by atoms with E-state index in [2.05, 4.69) is 24.0 Å². The third kappa shape index (κ3) is 3.54. The number of rotatable bonds is 6. The van der Waals surface area contributed by atoms with Gasteiger partial charge in [0, 0.05) is 23.6 Å². The lowest BCUT2D eigenvalue weighted by Gasteiger charge is -2.25. The second-order valence-electron chi connectivity index (χ2n) is 4.98. The topological polar surface area (TPSA) is 72.3 Å². The van der Waals surface area contributed by atoms with Gasteiger partial charge >= 0.3 is 0 Å². The van der Waals surface area contributed by atoms with E-state index >= 15 is 0 Å². The van der Waals surface area contributed by atoms with Crippen molar-refractivity contribution in [3.05, 3.63) is 54.1 Å². The Balaban J connectivity index is 2.41. The third-order valence-electron chi connectivity index (χ3n) is 3.42. The first-order chi connectivity index (χ1) is 10.1. The third-order valence-corrected chi connectivity index (χ3v) is 3.42. The van der Waals surface area contributed by atoms with E-state index in [1.54, 1.807) is 12.1 Å². The van der Waals surface area contributed by atoms with E-state index < -0.39 is 5.91 Å². The molecule has 1 amide bonds. The summed E-state index contributed by atoms with van der Waals surface area (Å²) in [5.41, 5.74) is 14.0. The Morgan fingerprint density at radius 1 is 1.10 bits per heavy atom. The molecule has 2 aromatic carbocycles. The largest absolute Gasteiger partial charge is 0.398 e. The summed E-state index contributed by atoms with van der Waals surface area (Å²) in [4.78, 5) is 13.6. The molecule has 2 aromatic rings. The van der Waals surface area contributed by atoms with Crippen molar-refractivity contribution in [1.29, 1.82) is 0 Å². The number of unbranched alkanes of at least 4 members (excludes halogenated alkanes) is 1. The number of anilines is 3. The molecular formula is C17H21N3O. The van der Waals surface area contributed by atoms with E-state index in [0.717, 1.165) is 30.8 Å². The van der Waals surface area contributed by atoms with E-state index in [1.807, 2.05) is 24.3 Å². The standard InChI is InChI=1S/C17H21N3O/c1-2-3-11-20(13-7-5-4-6-8-13)14-9-10-16(18)15(12-14)17(19)21/h4-10,12H,2-3,11,18H2,1H3,(H2,19,21). The average Bonchev–Trinajstić information content (AvgIpc) is 2.50. The predicted octanol–water partition coefficient (Wildman–Crippen LogP) is 3.31. The van der Waals surface area contributed by atoms with Crippen LogP contribution in [0, 0.1) is 0 Å². The Kier molecular flexibility index (Phi) is 4.82. The zero-order chi connectivity index (χ0) is 15.2. The molecule has 21 heavy (non-hydrogen) atoms. The summed E-state index contributed by atoms with van der Waals surface area (Å²) in [5, 5.41) is 0. The van der Waals surface area contributed by atoms with Crippen LogP contribution in [0.2, 0.25) is 0 Å². The molecule has 0 aromatic heterocycles. The summed E-state index contributed by atoms with van der Waals surface area (Å²) in [7, 11) is 0. The fraction of sp³-hybridized carbons (Fsp3) is 0.235. The van der Waals surface area contributed by atoms with Gasteiger partial charge in [0.15, 0.2) is 0 Å². The molecule has 0 spiro atoms. The molecule has 0 aliphatic heterocycles. The van der Waals surface area contributed by atoms with Gasteiger partial charge in [-0.3, -0.25) is 4.79 Å². The molecule has 0 fully saturated rings. The minimum atomic E-state index is -0.502. The molecular weight excluding hydrogens is 262 g/mol. The first-order valence-corrected chi connectivity index (χ1v) is 7.15. The number of nitrogens with two attached hydrogens (primary N) is 2. The maximum atomic E-state index is 11.5. The molecule has 2 rings (SSSR count). The molecule has 0 aliphatic rings. The molecule has 0 unspecified atom stereocenters. The molecule has 4 nitrogen and oxygen atoms in total. The van der Waals surface area contributed by atoms with E-state index in [0.29, 0.717) is 11.3 Å². The Labute approximate surface area is 125 Å². The first-order valence-electron chi connectivity index (χ1n) is 7.15. The Morgan fingerprint density at radius 2 is 1.81 bits per heavy atom. The molecule has 0 atom stereocenters. The summed E-state index contributed by atoms with van der Waals surface area (Å²) in [5.74, 6) is -0.502. The van der Waals surface area contributed by atoms with Gasteiger partial charge in [0.1, 0.15) is 0 Å². The average molecular weight is 283 g/mol. The minimum Gasteiger partial charge on any atom is -0.398 e. The summed E-state index contributed by atoms with van der Waals surface area (Å²) in [6.45, 7) is 3.03. The molecule has 0 aliphatic carbocycles. The van der Waals surface area contributed by atoms with Crippen LogP contribution in [-0.2, 0) is 0 Å². The highest BCUT2D eigenvalue weighted by Crippen LogP contribution is 2.28. The van der Waals surface area contributed by atoms with Gasteiger partial charge in [-0.15, -0.1) is 0 Å². The number of hydrogen-bond acceptors (Lipinski definition) is 3. The summed E-state index contributed by atoms with van der Waals surface area (Å²) in [6.07, 6.45) is 2.16. The van der Waals surface area contributed by atoms with Crippen LogP contribution in [0.15, 0.2) is 48.5 Å². The number of para-hydroxylation sites is 1. The SMILES string of the molecule is CCCCN(c1ccccc1)c1ccc(N)c(C(N)=O)c1. The van der Waals surface area contributed by atoms with Crippen LogP contribution in [0.5, 0.6) is 0 Å². The lowest BCUT2D eigenvalue weighted by atomic mass is 10.1. The first kappa shape index (κ1) is 14.9. The van der Waals surface area contributed by atoms with Gasteiger partial charge in [-0.1, -0.05) is 31.5 Å².